The fourth-order valence-corrected chi connectivity index (χ4v) is 2.23. The second-order valence-electron chi connectivity index (χ2n) is 4.57. The van der Waals surface area contributed by atoms with E-state index in [2.05, 4.69) is 35.6 Å². The average Bonchev–Trinajstić information content (AvgIpc) is 2.28. The maximum Gasteiger partial charge on any atom is 0.137 e. The maximum absolute atomic E-state index is 6.24. The highest BCUT2D eigenvalue weighted by molar-refractivity contribution is 6.30. The second kappa shape index (κ2) is 4.68. The first-order valence-corrected chi connectivity index (χ1v) is 6.27. The van der Waals surface area contributed by atoms with Gasteiger partial charge in [-0.1, -0.05) is 32.4 Å². The fourth-order valence-electron chi connectivity index (χ4n) is 1.98. The Morgan fingerprint density at radius 2 is 2.12 bits per heavy atom. The predicted octanol–water partition coefficient (Wildman–Crippen LogP) is 2.63. The van der Waals surface area contributed by atoms with Crippen LogP contribution in [0.4, 0.5) is 0 Å². The number of rotatable bonds is 2. The Morgan fingerprint density at radius 3 is 2.75 bits per heavy atom. The van der Waals surface area contributed by atoms with Crippen LogP contribution in [-0.4, -0.2) is 28.0 Å². The van der Waals surface area contributed by atoms with Crippen molar-refractivity contribution in [2.45, 2.75) is 39.7 Å². The molecule has 1 aromatic heterocycles. The molecule has 1 aromatic rings. The first-order valence-electron chi connectivity index (χ1n) is 5.89. The molecule has 0 spiro atoms. The van der Waals surface area contributed by atoms with Gasteiger partial charge in [0.1, 0.15) is 11.0 Å². The molecule has 0 unspecified atom stereocenters. The Bertz CT molecular complexity index is 390. The molecule has 0 atom stereocenters. The summed E-state index contributed by atoms with van der Waals surface area (Å²) in [7, 11) is 0. The van der Waals surface area contributed by atoms with E-state index in [4.69, 9.17) is 11.6 Å². The highest BCUT2D eigenvalue weighted by Gasteiger charge is 2.21. The Morgan fingerprint density at radius 1 is 1.38 bits per heavy atom. The van der Waals surface area contributed by atoms with Crippen molar-refractivity contribution in [3.05, 3.63) is 22.2 Å². The van der Waals surface area contributed by atoms with Crippen LogP contribution in [0.5, 0.6) is 0 Å². The zero-order valence-corrected chi connectivity index (χ0v) is 10.9. The number of hydrogen-bond acceptors (Lipinski definition) is 3. The lowest BCUT2D eigenvalue weighted by Crippen LogP contribution is -2.31. The van der Waals surface area contributed by atoms with Gasteiger partial charge >= 0.3 is 0 Å². The number of likely N-dealkylation sites (N-methyl/N-ethyl adjacent to an activating group) is 1. The fraction of sp³-hybridized carbons (Fsp3) is 0.667. The van der Waals surface area contributed by atoms with Gasteiger partial charge in [-0.15, -0.1) is 0 Å². The standard InChI is InChI=1S/C12H18ClN3/c1-4-16-6-5-10-9(7-16)11(13)15-12(14-10)8(2)3/h8H,4-7H2,1-3H3. The molecule has 3 nitrogen and oxygen atoms in total. The third kappa shape index (κ3) is 2.20. The summed E-state index contributed by atoms with van der Waals surface area (Å²) in [5.41, 5.74) is 2.27. The summed E-state index contributed by atoms with van der Waals surface area (Å²) >= 11 is 6.24. The summed E-state index contributed by atoms with van der Waals surface area (Å²) in [6, 6.07) is 0. The Balaban J connectivity index is 2.36. The van der Waals surface area contributed by atoms with Gasteiger partial charge in [-0.05, 0) is 6.54 Å². The van der Waals surface area contributed by atoms with Crippen LogP contribution in [0.2, 0.25) is 5.15 Å². The van der Waals surface area contributed by atoms with Crippen molar-refractivity contribution < 1.29 is 0 Å². The lowest BCUT2D eigenvalue weighted by molar-refractivity contribution is 0.265. The minimum Gasteiger partial charge on any atom is -0.299 e. The molecule has 16 heavy (non-hydrogen) atoms. The third-order valence-corrected chi connectivity index (χ3v) is 3.38. The van der Waals surface area contributed by atoms with Gasteiger partial charge in [0.15, 0.2) is 0 Å². The van der Waals surface area contributed by atoms with Crippen LogP contribution >= 0.6 is 11.6 Å². The topological polar surface area (TPSA) is 29.0 Å². The van der Waals surface area contributed by atoms with Crippen LogP contribution in [0.15, 0.2) is 0 Å². The molecular weight excluding hydrogens is 222 g/mol. The highest BCUT2D eigenvalue weighted by atomic mass is 35.5. The molecule has 1 aliphatic rings. The minimum atomic E-state index is 0.340. The first-order chi connectivity index (χ1) is 7.61. The van der Waals surface area contributed by atoms with Crippen molar-refractivity contribution in [1.82, 2.24) is 14.9 Å². The molecule has 0 fully saturated rings. The van der Waals surface area contributed by atoms with E-state index in [-0.39, 0.29) is 0 Å². The lowest BCUT2D eigenvalue weighted by atomic mass is 10.1. The number of halogens is 1. The van der Waals surface area contributed by atoms with E-state index in [0.717, 1.165) is 43.1 Å². The van der Waals surface area contributed by atoms with E-state index >= 15 is 0 Å². The zero-order valence-electron chi connectivity index (χ0n) is 10.1. The predicted molar refractivity (Wildman–Crippen MR) is 65.8 cm³/mol. The average molecular weight is 240 g/mol. The highest BCUT2D eigenvalue weighted by Crippen LogP contribution is 2.25. The van der Waals surface area contributed by atoms with E-state index in [1.807, 2.05) is 0 Å². The molecular formula is C12H18ClN3. The molecule has 0 bridgehead atoms. The summed E-state index contributed by atoms with van der Waals surface area (Å²) in [4.78, 5) is 11.4. The molecule has 0 aliphatic carbocycles. The van der Waals surface area contributed by atoms with Crippen molar-refractivity contribution in [2.75, 3.05) is 13.1 Å². The van der Waals surface area contributed by atoms with Crippen LogP contribution in [-0.2, 0) is 13.0 Å². The van der Waals surface area contributed by atoms with E-state index in [1.165, 1.54) is 0 Å². The van der Waals surface area contributed by atoms with Gasteiger partial charge in [0.25, 0.3) is 0 Å². The summed E-state index contributed by atoms with van der Waals surface area (Å²) in [5, 5.41) is 0.645. The molecule has 0 radical (unpaired) electrons. The molecule has 0 aromatic carbocycles. The number of aromatic nitrogens is 2. The van der Waals surface area contributed by atoms with Gasteiger partial charge in [0, 0.05) is 31.0 Å². The van der Waals surface area contributed by atoms with E-state index in [0.29, 0.717) is 11.1 Å². The Hall–Kier alpha value is -0.670. The molecule has 0 saturated carbocycles. The Kier molecular flexibility index (Phi) is 3.45. The van der Waals surface area contributed by atoms with Gasteiger partial charge in [0.05, 0.1) is 5.69 Å². The van der Waals surface area contributed by atoms with Crippen molar-refractivity contribution >= 4 is 11.6 Å². The molecule has 2 heterocycles. The number of fused-ring (bicyclic) bond motifs is 1. The molecule has 88 valence electrons. The van der Waals surface area contributed by atoms with Gasteiger partial charge < -0.3 is 0 Å². The maximum atomic E-state index is 6.24. The first kappa shape index (κ1) is 11.8. The summed E-state index contributed by atoms with van der Waals surface area (Å²) in [6.07, 6.45) is 0.991. The monoisotopic (exact) mass is 239 g/mol. The third-order valence-electron chi connectivity index (χ3n) is 3.07. The summed E-state index contributed by atoms with van der Waals surface area (Å²) in [5.74, 6) is 1.21. The van der Waals surface area contributed by atoms with Crippen molar-refractivity contribution in [3.63, 3.8) is 0 Å². The second-order valence-corrected chi connectivity index (χ2v) is 4.93. The zero-order chi connectivity index (χ0) is 11.7. The summed E-state index contributed by atoms with van der Waals surface area (Å²) in [6.45, 7) is 9.39. The summed E-state index contributed by atoms with van der Waals surface area (Å²) < 4.78 is 0. The van der Waals surface area contributed by atoms with Crippen molar-refractivity contribution in [1.29, 1.82) is 0 Å². The van der Waals surface area contributed by atoms with Crippen molar-refractivity contribution in [3.8, 4) is 0 Å². The van der Waals surface area contributed by atoms with Gasteiger partial charge in [-0.25, -0.2) is 9.97 Å². The number of hydrogen-bond donors (Lipinski definition) is 0. The van der Waals surface area contributed by atoms with Crippen LogP contribution in [0.1, 0.15) is 43.8 Å². The Labute approximate surface area is 102 Å². The van der Waals surface area contributed by atoms with Gasteiger partial charge in [-0.3, -0.25) is 4.90 Å². The van der Waals surface area contributed by atoms with E-state index in [1.54, 1.807) is 0 Å². The number of nitrogens with zero attached hydrogens (tertiary/aromatic N) is 3. The molecule has 4 heteroatoms. The lowest BCUT2D eigenvalue weighted by Gasteiger charge is -2.27. The van der Waals surface area contributed by atoms with E-state index in [9.17, 15) is 0 Å². The smallest absolute Gasteiger partial charge is 0.137 e. The van der Waals surface area contributed by atoms with Gasteiger partial charge in [0.2, 0.25) is 0 Å². The van der Waals surface area contributed by atoms with Crippen LogP contribution in [0, 0.1) is 0 Å². The van der Waals surface area contributed by atoms with E-state index < -0.39 is 0 Å². The van der Waals surface area contributed by atoms with Crippen LogP contribution in [0.3, 0.4) is 0 Å². The molecule has 0 saturated heterocycles. The van der Waals surface area contributed by atoms with Crippen LogP contribution < -0.4 is 0 Å². The largest absolute Gasteiger partial charge is 0.299 e. The molecule has 1 aliphatic heterocycles. The van der Waals surface area contributed by atoms with Crippen molar-refractivity contribution in [2.24, 2.45) is 0 Å². The normalized spacial score (nSPS) is 16.6. The quantitative estimate of drug-likeness (QED) is 0.743. The van der Waals surface area contributed by atoms with Crippen LogP contribution in [0.25, 0.3) is 0 Å². The SMILES string of the molecule is CCN1CCc2nc(C(C)C)nc(Cl)c2C1. The minimum absolute atomic E-state index is 0.340. The molecule has 2 rings (SSSR count). The molecule has 0 N–H and O–H groups in total. The van der Waals surface area contributed by atoms with Gasteiger partial charge in [-0.2, -0.15) is 0 Å². The molecule has 0 amide bonds.